The summed E-state index contributed by atoms with van der Waals surface area (Å²) in [6, 6.07) is 5.53. The number of aryl methyl sites for hydroxylation is 1. The van der Waals surface area contributed by atoms with Crippen molar-refractivity contribution in [1.29, 1.82) is 0 Å². The quantitative estimate of drug-likeness (QED) is 0.911. The number of hydrogen-bond acceptors (Lipinski definition) is 2. The number of rotatable bonds is 2. The van der Waals surface area contributed by atoms with Gasteiger partial charge in [0.05, 0.1) is 0 Å². The van der Waals surface area contributed by atoms with Gasteiger partial charge in [0, 0.05) is 23.7 Å². The van der Waals surface area contributed by atoms with E-state index < -0.39 is 5.54 Å². The molecule has 1 saturated heterocycles. The van der Waals surface area contributed by atoms with Crippen LogP contribution in [0.15, 0.2) is 18.2 Å². The molecule has 0 saturated carbocycles. The minimum Gasteiger partial charge on any atom is -0.342 e. The molecule has 1 aliphatic heterocycles. The number of carbonyl (C=O) groups excluding carboxylic acids is 2. The van der Waals surface area contributed by atoms with Crippen molar-refractivity contribution >= 4 is 29.1 Å². The number of benzene rings is 1. The van der Waals surface area contributed by atoms with Crippen molar-refractivity contribution in [1.82, 2.24) is 5.32 Å². The Balaban J connectivity index is 2.41. The molecule has 1 unspecified atom stereocenters. The molecule has 4 nitrogen and oxygen atoms in total. The van der Waals surface area contributed by atoms with Gasteiger partial charge in [-0.15, -0.1) is 0 Å². The van der Waals surface area contributed by atoms with Crippen molar-refractivity contribution in [3.63, 3.8) is 0 Å². The van der Waals surface area contributed by atoms with Crippen LogP contribution in [0.4, 0.5) is 5.69 Å². The average Bonchev–Trinajstić information content (AvgIpc) is 2.52. The normalized spacial score (nSPS) is 23.5. The van der Waals surface area contributed by atoms with E-state index in [0.717, 1.165) is 11.3 Å². The summed E-state index contributed by atoms with van der Waals surface area (Å²) < 4.78 is 0. The molecule has 108 valence electrons. The van der Waals surface area contributed by atoms with Crippen molar-refractivity contribution in [3.8, 4) is 0 Å². The lowest BCUT2D eigenvalue weighted by atomic mass is 9.97. The molecule has 2 rings (SSSR count). The zero-order valence-electron chi connectivity index (χ0n) is 12.0. The van der Waals surface area contributed by atoms with Gasteiger partial charge in [-0.05, 0) is 38.0 Å². The van der Waals surface area contributed by atoms with E-state index in [1.807, 2.05) is 26.0 Å². The Morgan fingerprint density at radius 3 is 2.70 bits per heavy atom. The van der Waals surface area contributed by atoms with E-state index in [1.54, 1.807) is 17.9 Å². The van der Waals surface area contributed by atoms with Gasteiger partial charge in [-0.2, -0.15) is 0 Å². The molecule has 0 spiro atoms. The maximum Gasteiger partial charge on any atom is 0.252 e. The Hall–Kier alpha value is -1.55. The third kappa shape index (κ3) is 2.66. The number of nitrogens with zero attached hydrogens (tertiary/aromatic N) is 1. The van der Waals surface area contributed by atoms with E-state index in [1.165, 1.54) is 0 Å². The molecular formula is C15H19ClN2O2. The second-order valence-electron chi connectivity index (χ2n) is 5.37. The van der Waals surface area contributed by atoms with Gasteiger partial charge in [-0.25, -0.2) is 0 Å². The van der Waals surface area contributed by atoms with Crippen LogP contribution in [-0.4, -0.2) is 23.9 Å². The molecular weight excluding hydrogens is 276 g/mol. The Morgan fingerprint density at radius 1 is 1.40 bits per heavy atom. The topological polar surface area (TPSA) is 49.4 Å². The van der Waals surface area contributed by atoms with Gasteiger partial charge in [0.2, 0.25) is 5.91 Å². The highest BCUT2D eigenvalue weighted by Crippen LogP contribution is 2.27. The summed E-state index contributed by atoms with van der Waals surface area (Å²) in [6.07, 6.45) is 0.848. The maximum absolute atomic E-state index is 12.7. The molecule has 0 aromatic heterocycles. The van der Waals surface area contributed by atoms with Gasteiger partial charge in [-0.3, -0.25) is 9.59 Å². The highest BCUT2D eigenvalue weighted by atomic mass is 35.5. The first-order valence-electron chi connectivity index (χ1n) is 6.76. The Labute approximate surface area is 124 Å². The molecule has 0 bridgehead atoms. The smallest absolute Gasteiger partial charge is 0.252 e. The van der Waals surface area contributed by atoms with Crippen molar-refractivity contribution in [2.75, 3.05) is 11.4 Å². The number of hydrogen-bond donors (Lipinski definition) is 1. The highest BCUT2D eigenvalue weighted by Gasteiger charge is 2.39. The minimum atomic E-state index is -0.856. The summed E-state index contributed by atoms with van der Waals surface area (Å²) in [6.45, 7) is 5.95. The third-order valence-corrected chi connectivity index (χ3v) is 4.28. The van der Waals surface area contributed by atoms with Gasteiger partial charge in [0.25, 0.3) is 5.91 Å². The van der Waals surface area contributed by atoms with E-state index >= 15 is 0 Å². The highest BCUT2D eigenvalue weighted by molar-refractivity contribution is 6.31. The fourth-order valence-corrected chi connectivity index (χ4v) is 2.45. The van der Waals surface area contributed by atoms with Crippen LogP contribution >= 0.6 is 11.6 Å². The van der Waals surface area contributed by atoms with Gasteiger partial charge >= 0.3 is 0 Å². The lowest BCUT2D eigenvalue weighted by molar-refractivity contribution is -0.129. The number of nitrogens with one attached hydrogen (secondary N) is 1. The van der Waals surface area contributed by atoms with Gasteiger partial charge in [-0.1, -0.05) is 24.6 Å². The van der Waals surface area contributed by atoms with Crippen LogP contribution in [0, 0.1) is 6.92 Å². The number of halogens is 1. The van der Waals surface area contributed by atoms with E-state index in [-0.39, 0.29) is 11.8 Å². The van der Waals surface area contributed by atoms with Crippen LogP contribution in [0.1, 0.15) is 32.3 Å². The first-order chi connectivity index (χ1) is 9.37. The van der Waals surface area contributed by atoms with Crippen LogP contribution in [0.25, 0.3) is 0 Å². The van der Waals surface area contributed by atoms with E-state index in [0.29, 0.717) is 24.4 Å². The van der Waals surface area contributed by atoms with Crippen LogP contribution < -0.4 is 10.2 Å². The average molecular weight is 295 g/mol. The zero-order chi connectivity index (χ0) is 14.9. The molecule has 1 N–H and O–H groups in total. The van der Waals surface area contributed by atoms with Crippen molar-refractivity contribution in [2.24, 2.45) is 0 Å². The van der Waals surface area contributed by atoms with E-state index in [4.69, 9.17) is 11.6 Å². The largest absolute Gasteiger partial charge is 0.342 e. The van der Waals surface area contributed by atoms with E-state index in [2.05, 4.69) is 5.32 Å². The van der Waals surface area contributed by atoms with Gasteiger partial charge < -0.3 is 10.2 Å². The number of carbonyl (C=O) groups is 2. The van der Waals surface area contributed by atoms with Crippen molar-refractivity contribution in [3.05, 3.63) is 28.8 Å². The SMILES string of the molecule is CCC1(C)NC(=O)CCN(c2ccc(C)c(Cl)c2)C1=O. The fourth-order valence-electron chi connectivity index (χ4n) is 2.27. The number of anilines is 1. The summed E-state index contributed by atoms with van der Waals surface area (Å²) in [4.78, 5) is 26.1. The van der Waals surface area contributed by atoms with Crippen LogP contribution in [0.3, 0.4) is 0 Å². The molecule has 1 atom stereocenters. The first-order valence-corrected chi connectivity index (χ1v) is 7.14. The summed E-state index contributed by atoms with van der Waals surface area (Å²) in [7, 11) is 0. The standard InChI is InChI=1S/C15H19ClN2O2/c1-4-15(3)14(20)18(8-7-13(19)17-15)11-6-5-10(2)12(16)9-11/h5-6,9H,4,7-8H2,1-3H3,(H,17,19). The molecule has 0 aliphatic carbocycles. The summed E-state index contributed by atoms with van der Waals surface area (Å²) in [5.74, 6) is -0.186. The third-order valence-electron chi connectivity index (χ3n) is 3.87. The maximum atomic E-state index is 12.7. The molecule has 1 heterocycles. The molecule has 5 heteroatoms. The monoisotopic (exact) mass is 294 g/mol. The molecule has 0 radical (unpaired) electrons. The van der Waals surface area contributed by atoms with Crippen LogP contribution in [-0.2, 0) is 9.59 Å². The lowest BCUT2D eigenvalue weighted by Crippen LogP contribution is -2.54. The predicted molar refractivity (Wildman–Crippen MR) is 80.0 cm³/mol. The molecule has 1 fully saturated rings. The molecule has 1 aliphatic rings. The molecule has 20 heavy (non-hydrogen) atoms. The Kier molecular flexibility index (Phi) is 4.04. The molecule has 1 aromatic carbocycles. The molecule has 2 amide bonds. The number of amides is 2. The first kappa shape index (κ1) is 14.9. The Morgan fingerprint density at radius 2 is 2.10 bits per heavy atom. The van der Waals surface area contributed by atoms with E-state index in [9.17, 15) is 9.59 Å². The van der Waals surface area contributed by atoms with Crippen molar-refractivity contribution in [2.45, 2.75) is 39.2 Å². The van der Waals surface area contributed by atoms with Crippen LogP contribution in [0.5, 0.6) is 0 Å². The van der Waals surface area contributed by atoms with Gasteiger partial charge in [0.15, 0.2) is 0 Å². The van der Waals surface area contributed by atoms with Crippen LogP contribution in [0.2, 0.25) is 5.02 Å². The summed E-state index contributed by atoms with van der Waals surface area (Å²) in [5.41, 5.74) is 0.845. The molecule has 1 aromatic rings. The summed E-state index contributed by atoms with van der Waals surface area (Å²) in [5, 5.41) is 3.44. The Bertz CT molecular complexity index is 559. The summed E-state index contributed by atoms with van der Waals surface area (Å²) >= 11 is 6.13. The fraction of sp³-hybridized carbons (Fsp3) is 0.467. The predicted octanol–water partition coefficient (Wildman–Crippen LogP) is 2.67. The lowest BCUT2D eigenvalue weighted by Gasteiger charge is -2.31. The van der Waals surface area contributed by atoms with Crippen molar-refractivity contribution < 1.29 is 9.59 Å². The second-order valence-corrected chi connectivity index (χ2v) is 5.78. The second kappa shape index (κ2) is 5.44. The minimum absolute atomic E-state index is 0.0919. The van der Waals surface area contributed by atoms with Gasteiger partial charge in [0.1, 0.15) is 5.54 Å². The zero-order valence-corrected chi connectivity index (χ0v) is 12.8.